The second-order valence-electron chi connectivity index (χ2n) is 5.33. The first-order valence-corrected chi connectivity index (χ1v) is 7.12. The summed E-state index contributed by atoms with van der Waals surface area (Å²) in [5.74, 6) is -0.0439. The topological polar surface area (TPSA) is 34.1 Å². The van der Waals surface area contributed by atoms with Crippen molar-refractivity contribution in [1.29, 1.82) is 0 Å². The predicted octanol–water partition coefficient (Wildman–Crippen LogP) is 3.61. The molecule has 0 spiro atoms. The van der Waals surface area contributed by atoms with Gasteiger partial charge in [-0.2, -0.15) is 0 Å². The monoisotopic (exact) mass is 288 g/mol. The minimum absolute atomic E-state index is 0.260. The van der Waals surface area contributed by atoms with Crippen molar-refractivity contribution in [3.05, 3.63) is 59.2 Å². The third-order valence-corrected chi connectivity index (χ3v) is 3.09. The maximum atomic E-state index is 13.8. The molecule has 0 aliphatic carbocycles. The van der Waals surface area contributed by atoms with Crippen LogP contribution in [0.5, 0.6) is 5.75 Å². The normalized spacial score (nSPS) is 10.9. The van der Waals surface area contributed by atoms with Crippen molar-refractivity contribution in [3.8, 4) is 5.75 Å². The molecule has 0 saturated heterocycles. The first-order chi connectivity index (χ1) is 10.1. The lowest BCUT2D eigenvalue weighted by Crippen LogP contribution is -2.22. The summed E-state index contributed by atoms with van der Waals surface area (Å²) in [7, 11) is 0. The van der Waals surface area contributed by atoms with Gasteiger partial charge in [0.2, 0.25) is 0 Å². The maximum Gasteiger partial charge on any atom is 0.167 e. The highest BCUT2D eigenvalue weighted by molar-refractivity contribution is 5.30. The van der Waals surface area contributed by atoms with E-state index >= 15 is 0 Å². The first kappa shape index (κ1) is 15.4. The Morgan fingerprint density at radius 3 is 2.62 bits per heavy atom. The van der Waals surface area contributed by atoms with Gasteiger partial charge in [0.15, 0.2) is 11.6 Å². The molecule has 2 aromatic rings. The van der Waals surface area contributed by atoms with Crippen molar-refractivity contribution in [2.24, 2.45) is 0 Å². The maximum absolute atomic E-state index is 13.8. The number of halogens is 1. The summed E-state index contributed by atoms with van der Waals surface area (Å²) >= 11 is 0. The van der Waals surface area contributed by atoms with Gasteiger partial charge in [-0.1, -0.05) is 32.0 Å². The second-order valence-corrected chi connectivity index (χ2v) is 5.33. The van der Waals surface area contributed by atoms with E-state index < -0.39 is 0 Å². The van der Waals surface area contributed by atoms with Crippen LogP contribution in [0, 0.1) is 12.7 Å². The fraction of sp³-hybridized carbons (Fsp3) is 0.353. The SMILES string of the molecule is Cc1cccc(OCc2cccc(CNC(C)C)n2)c1F. The molecule has 0 aliphatic heterocycles. The second kappa shape index (κ2) is 7.18. The standard InChI is InChI=1S/C17H21FN2O/c1-12(2)19-10-14-7-5-8-15(20-14)11-21-16-9-4-6-13(3)17(16)18/h4-9,12,19H,10-11H2,1-3H3. The van der Waals surface area contributed by atoms with Crippen LogP contribution in [0.2, 0.25) is 0 Å². The number of aryl methyl sites for hydroxylation is 1. The van der Waals surface area contributed by atoms with Crippen LogP contribution in [0.4, 0.5) is 4.39 Å². The van der Waals surface area contributed by atoms with Crippen LogP contribution >= 0.6 is 0 Å². The molecule has 0 bridgehead atoms. The molecule has 1 heterocycles. The summed E-state index contributed by atoms with van der Waals surface area (Å²) in [6.45, 7) is 6.87. The highest BCUT2D eigenvalue weighted by Gasteiger charge is 2.06. The Balaban J connectivity index is 2.00. The van der Waals surface area contributed by atoms with Crippen molar-refractivity contribution in [1.82, 2.24) is 10.3 Å². The third kappa shape index (κ3) is 4.53. The molecular weight excluding hydrogens is 267 g/mol. The van der Waals surface area contributed by atoms with Gasteiger partial charge < -0.3 is 10.1 Å². The lowest BCUT2D eigenvalue weighted by atomic mass is 10.2. The summed E-state index contributed by atoms with van der Waals surface area (Å²) in [4.78, 5) is 4.50. The summed E-state index contributed by atoms with van der Waals surface area (Å²) in [5, 5.41) is 3.32. The molecule has 21 heavy (non-hydrogen) atoms. The third-order valence-electron chi connectivity index (χ3n) is 3.09. The van der Waals surface area contributed by atoms with E-state index in [0.717, 1.165) is 11.4 Å². The molecule has 0 radical (unpaired) electrons. The van der Waals surface area contributed by atoms with Crippen LogP contribution in [0.3, 0.4) is 0 Å². The largest absolute Gasteiger partial charge is 0.484 e. The quantitative estimate of drug-likeness (QED) is 0.881. The lowest BCUT2D eigenvalue weighted by molar-refractivity contribution is 0.285. The van der Waals surface area contributed by atoms with Crippen LogP contribution in [-0.2, 0) is 13.2 Å². The van der Waals surface area contributed by atoms with E-state index in [-0.39, 0.29) is 18.2 Å². The highest BCUT2D eigenvalue weighted by atomic mass is 19.1. The van der Waals surface area contributed by atoms with Gasteiger partial charge in [0.1, 0.15) is 6.61 Å². The Labute approximate surface area is 125 Å². The molecule has 112 valence electrons. The molecule has 0 aliphatic rings. The molecule has 4 heteroatoms. The van der Waals surface area contributed by atoms with E-state index in [1.807, 2.05) is 18.2 Å². The highest BCUT2D eigenvalue weighted by Crippen LogP contribution is 2.20. The van der Waals surface area contributed by atoms with Gasteiger partial charge in [-0.15, -0.1) is 0 Å². The Kier molecular flexibility index (Phi) is 5.28. The first-order valence-electron chi connectivity index (χ1n) is 7.12. The molecule has 1 aromatic carbocycles. The smallest absolute Gasteiger partial charge is 0.167 e. The number of hydrogen-bond donors (Lipinski definition) is 1. The van der Waals surface area contributed by atoms with Gasteiger partial charge in [-0.05, 0) is 30.7 Å². The summed E-state index contributed by atoms with van der Waals surface area (Å²) in [5.41, 5.74) is 2.32. The number of aromatic nitrogens is 1. The van der Waals surface area contributed by atoms with Crippen molar-refractivity contribution in [2.75, 3.05) is 0 Å². The lowest BCUT2D eigenvalue weighted by Gasteiger charge is -2.10. The van der Waals surface area contributed by atoms with Crippen molar-refractivity contribution >= 4 is 0 Å². The van der Waals surface area contributed by atoms with Gasteiger partial charge >= 0.3 is 0 Å². The minimum atomic E-state index is -0.310. The Hall–Kier alpha value is -1.94. The summed E-state index contributed by atoms with van der Waals surface area (Å²) in [6, 6.07) is 11.3. The minimum Gasteiger partial charge on any atom is -0.484 e. The zero-order valence-electron chi connectivity index (χ0n) is 12.7. The van der Waals surface area contributed by atoms with Crippen LogP contribution in [-0.4, -0.2) is 11.0 Å². The fourth-order valence-electron chi connectivity index (χ4n) is 1.90. The predicted molar refractivity (Wildman–Crippen MR) is 81.7 cm³/mol. The number of nitrogens with zero attached hydrogens (tertiary/aromatic N) is 1. The molecule has 1 N–H and O–H groups in total. The number of benzene rings is 1. The van der Waals surface area contributed by atoms with E-state index in [1.54, 1.807) is 25.1 Å². The van der Waals surface area contributed by atoms with Crippen molar-refractivity contribution in [2.45, 2.75) is 40.0 Å². The Morgan fingerprint density at radius 2 is 1.86 bits per heavy atom. The molecule has 0 unspecified atom stereocenters. The summed E-state index contributed by atoms with van der Waals surface area (Å²) in [6.07, 6.45) is 0. The van der Waals surface area contributed by atoms with E-state index in [4.69, 9.17) is 4.74 Å². The summed E-state index contributed by atoms with van der Waals surface area (Å²) < 4.78 is 19.4. The molecule has 0 saturated carbocycles. The number of rotatable bonds is 6. The van der Waals surface area contributed by atoms with Crippen LogP contribution in [0.1, 0.15) is 30.8 Å². The average molecular weight is 288 g/mol. The van der Waals surface area contributed by atoms with Crippen LogP contribution in [0.25, 0.3) is 0 Å². The van der Waals surface area contributed by atoms with Gasteiger partial charge in [-0.25, -0.2) is 4.39 Å². The van der Waals surface area contributed by atoms with Gasteiger partial charge in [0.05, 0.1) is 11.4 Å². The Bertz CT molecular complexity index is 599. The molecule has 0 fully saturated rings. The molecular formula is C17H21FN2O. The fourth-order valence-corrected chi connectivity index (χ4v) is 1.90. The molecule has 1 aromatic heterocycles. The number of nitrogens with one attached hydrogen (secondary N) is 1. The van der Waals surface area contributed by atoms with Gasteiger partial charge in [0, 0.05) is 12.6 Å². The number of hydrogen-bond acceptors (Lipinski definition) is 3. The van der Waals surface area contributed by atoms with Gasteiger partial charge in [0.25, 0.3) is 0 Å². The van der Waals surface area contributed by atoms with E-state index in [2.05, 4.69) is 24.1 Å². The number of ether oxygens (including phenoxy) is 1. The van der Waals surface area contributed by atoms with Crippen LogP contribution in [0.15, 0.2) is 36.4 Å². The molecule has 0 atom stereocenters. The van der Waals surface area contributed by atoms with Crippen molar-refractivity contribution < 1.29 is 9.13 Å². The van der Waals surface area contributed by atoms with E-state index in [9.17, 15) is 4.39 Å². The average Bonchev–Trinajstić information content (AvgIpc) is 2.47. The Morgan fingerprint density at radius 1 is 1.14 bits per heavy atom. The van der Waals surface area contributed by atoms with E-state index in [0.29, 0.717) is 18.2 Å². The zero-order chi connectivity index (χ0) is 15.2. The molecule has 3 nitrogen and oxygen atoms in total. The van der Waals surface area contributed by atoms with Crippen LogP contribution < -0.4 is 10.1 Å². The van der Waals surface area contributed by atoms with E-state index in [1.165, 1.54) is 0 Å². The molecule has 0 amide bonds. The van der Waals surface area contributed by atoms with Crippen molar-refractivity contribution in [3.63, 3.8) is 0 Å². The molecule has 2 rings (SSSR count). The van der Waals surface area contributed by atoms with Gasteiger partial charge in [-0.3, -0.25) is 4.98 Å². The number of pyridine rings is 1. The zero-order valence-corrected chi connectivity index (χ0v) is 12.7.